The molecule has 2 aromatic rings. The molecule has 0 radical (unpaired) electrons. The van der Waals surface area contributed by atoms with Crippen LogP contribution >= 0.6 is 0 Å². The van der Waals surface area contributed by atoms with Crippen molar-refractivity contribution in [2.75, 3.05) is 11.4 Å². The summed E-state index contributed by atoms with van der Waals surface area (Å²) >= 11 is 0. The van der Waals surface area contributed by atoms with Gasteiger partial charge >= 0.3 is 0 Å². The van der Waals surface area contributed by atoms with E-state index in [1.54, 1.807) is 0 Å². The highest BCUT2D eigenvalue weighted by molar-refractivity contribution is 5.87. The van der Waals surface area contributed by atoms with E-state index in [-0.39, 0.29) is 11.8 Å². The summed E-state index contributed by atoms with van der Waals surface area (Å²) in [5.74, 6) is -0.519. The molecule has 0 aromatic heterocycles. The highest BCUT2D eigenvalue weighted by atomic mass is 16.1. The molecular weight excluding hydrogens is 248 g/mol. The first kappa shape index (κ1) is 12.7. The molecule has 1 atom stereocenters. The van der Waals surface area contributed by atoms with Gasteiger partial charge in [-0.05, 0) is 36.6 Å². The van der Waals surface area contributed by atoms with Gasteiger partial charge in [-0.3, -0.25) is 4.79 Å². The number of carbonyl (C=O) groups excluding carboxylic acids is 1. The van der Waals surface area contributed by atoms with E-state index < -0.39 is 0 Å². The first-order valence-electron chi connectivity index (χ1n) is 6.96. The number of carbonyl (C=O) groups is 1. The standard InChI is InChI=1S/C17H18N2O/c1-2-19-15-9-5-3-7-12(15)11-14(17(18)20)13-8-4-6-10-16(13)19/h3-10,14H,2,11H2,1H3,(H2,18,20)/t14-/m1/s1. The molecule has 1 amide bonds. The number of primary amides is 1. The van der Waals surface area contributed by atoms with Crippen LogP contribution in [0.1, 0.15) is 24.0 Å². The quantitative estimate of drug-likeness (QED) is 0.908. The zero-order chi connectivity index (χ0) is 14.1. The maximum absolute atomic E-state index is 11.9. The number of fused-ring (bicyclic) bond motifs is 2. The Hall–Kier alpha value is -2.29. The van der Waals surface area contributed by atoms with Gasteiger partial charge in [0.05, 0.1) is 5.92 Å². The lowest BCUT2D eigenvalue weighted by Crippen LogP contribution is -2.23. The van der Waals surface area contributed by atoms with Gasteiger partial charge in [-0.2, -0.15) is 0 Å². The fraction of sp³-hybridized carbons (Fsp3) is 0.235. The van der Waals surface area contributed by atoms with E-state index in [1.165, 1.54) is 11.3 Å². The molecule has 0 aliphatic carbocycles. The Kier molecular flexibility index (Phi) is 3.18. The highest BCUT2D eigenvalue weighted by Crippen LogP contribution is 2.40. The average molecular weight is 266 g/mol. The number of hydrogen-bond acceptors (Lipinski definition) is 2. The maximum Gasteiger partial charge on any atom is 0.225 e. The summed E-state index contributed by atoms with van der Waals surface area (Å²) in [7, 11) is 0. The maximum atomic E-state index is 11.9. The van der Waals surface area contributed by atoms with E-state index >= 15 is 0 Å². The van der Waals surface area contributed by atoms with Gasteiger partial charge in [0.15, 0.2) is 0 Å². The average Bonchev–Trinajstić information content (AvgIpc) is 2.61. The number of hydrogen-bond donors (Lipinski definition) is 1. The molecular formula is C17H18N2O. The van der Waals surface area contributed by atoms with Gasteiger partial charge in [0, 0.05) is 17.9 Å². The second kappa shape index (κ2) is 5.00. The monoisotopic (exact) mass is 266 g/mol. The van der Waals surface area contributed by atoms with Crippen LogP contribution in [0, 0.1) is 0 Å². The van der Waals surface area contributed by atoms with Crippen molar-refractivity contribution in [1.29, 1.82) is 0 Å². The fourth-order valence-electron chi connectivity index (χ4n) is 3.03. The second-order valence-corrected chi connectivity index (χ2v) is 5.09. The van der Waals surface area contributed by atoms with E-state index in [0.29, 0.717) is 6.42 Å². The Morgan fingerprint density at radius 1 is 1.15 bits per heavy atom. The summed E-state index contributed by atoms with van der Waals surface area (Å²) in [5.41, 5.74) is 10.1. The summed E-state index contributed by atoms with van der Waals surface area (Å²) in [6, 6.07) is 16.3. The van der Waals surface area contributed by atoms with Gasteiger partial charge in [0.2, 0.25) is 5.91 Å². The van der Waals surface area contributed by atoms with Crippen molar-refractivity contribution in [2.45, 2.75) is 19.3 Å². The Morgan fingerprint density at radius 3 is 2.50 bits per heavy atom. The molecule has 0 fully saturated rings. The predicted molar refractivity (Wildman–Crippen MR) is 81.2 cm³/mol. The first-order valence-corrected chi connectivity index (χ1v) is 6.96. The lowest BCUT2D eigenvalue weighted by Gasteiger charge is -2.25. The lowest BCUT2D eigenvalue weighted by molar-refractivity contribution is -0.119. The fourth-order valence-corrected chi connectivity index (χ4v) is 3.03. The molecule has 102 valence electrons. The van der Waals surface area contributed by atoms with E-state index in [4.69, 9.17) is 5.73 Å². The van der Waals surface area contributed by atoms with Crippen molar-refractivity contribution >= 4 is 17.3 Å². The SMILES string of the molecule is CCN1c2ccccc2C[C@@H](C(N)=O)c2ccccc21. The smallest absolute Gasteiger partial charge is 0.225 e. The Balaban J connectivity index is 2.25. The third-order valence-corrected chi connectivity index (χ3v) is 3.97. The predicted octanol–water partition coefficient (Wildman–Crippen LogP) is 2.97. The minimum atomic E-state index is -0.260. The molecule has 0 unspecified atom stereocenters. The highest BCUT2D eigenvalue weighted by Gasteiger charge is 2.28. The molecule has 2 aromatic carbocycles. The topological polar surface area (TPSA) is 46.3 Å². The van der Waals surface area contributed by atoms with Crippen LogP contribution in [0.4, 0.5) is 11.4 Å². The van der Waals surface area contributed by atoms with Gasteiger partial charge in [-0.25, -0.2) is 0 Å². The van der Waals surface area contributed by atoms with Crippen LogP contribution in [0.2, 0.25) is 0 Å². The van der Waals surface area contributed by atoms with Crippen molar-refractivity contribution in [3.63, 3.8) is 0 Å². The van der Waals surface area contributed by atoms with E-state index in [9.17, 15) is 4.79 Å². The zero-order valence-corrected chi connectivity index (χ0v) is 11.5. The van der Waals surface area contributed by atoms with Gasteiger partial charge in [-0.15, -0.1) is 0 Å². The van der Waals surface area contributed by atoms with Crippen LogP contribution in [0.25, 0.3) is 0 Å². The molecule has 1 heterocycles. The molecule has 2 N–H and O–H groups in total. The number of rotatable bonds is 2. The second-order valence-electron chi connectivity index (χ2n) is 5.09. The molecule has 3 rings (SSSR count). The van der Waals surface area contributed by atoms with Crippen molar-refractivity contribution in [2.24, 2.45) is 5.73 Å². The Labute approximate surface area is 119 Å². The molecule has 3 heteroatoms. The van der Waals surface area contributed by atoms with Crippen molar-refractivity contribution in [3.8, 4) is 0 Å². The number of nitrogens with zero attached hydrogens (tertiary/aromatic N) is 1. The third kappa shape index (κ3) is 1.95. The van der Waals surface area contributed by atoms with Crippen LogP contribution in [-0.4, -0.2) is 12.5 Å². The molecule has 0 saturated carbocycles. The van der Waals surface area contributed by atoms with Crippen LogP contribution in [0.5, 0.6) is 0 Å². The van der Waals surface area contributed by atoms with Crippen molar-refractivity contribution in [3.05, 3.63) is 59.7 Å². The number of nitrogens with two attached hydrogens (primary N) is 1. The van der Waals surface area contributed by atoms with Crippen molar-refractivity contribution < 1.29 is 4.79 Å². The summed E-state index contributed by atoms with van der Waals surface area (Å²) in [4.78, 5) is 14.1. The van der Waals surface area contributed by atoms with Gasteiger partial charge in [0.25, 0.3) is 0 Å². The van der Waals surface area contributed by atoms with E-state index in [1.807, 2.05) is 30.3 Å². The van der Waals surface area contributed by atoms with Crippen LogP contribution in [0.3, 0.4) is 0 Å². The molecule has 1 aliphatic rings. The van der Waals surface area contributed by atoms with Crippen LogP contribution < -0.4 is 10.6 Å². The lowest BCUT2D eigenvalue weighted by atomic mass is 9.91. The normalized spacial score (nSPS) is 17.1. The molecule has 0 saturated heterocycles. The molecule has 0 bridgehead atoms. The first-order chi connectivity index (χ1) is 9.72. The number of amides is 1. The van der Waals surface area contributed by atoms with Crippen LogP contribution in [0.15, 0.2) is 48.5 Å². The molecule has 1 aliphatic heterocycles. The zero-order valence-electron chi connectivity index (χ0n) is 11.5. The van der Waals surface area contributed by atoms with Gasteiger partial charge < -0.3 is 10.6 Å². The largest absolute Gasteiger partial charge is 0.369 e. The van der Waals surface area contributed by atoms with Gasteiger partial charge in [-0.1, -0.05) is 36.4 Å². The molecule has 0 spiro atoms. The summed E-state index contributed by atoms with van der Waals surface area (Å²) in [5, 5.41) is 0. The minimum Gasteiger partial charge on any atom is -0.369 e. The number of anilines is 2. The van der Waals surface area contributed by atoms with Gasteiger partial charge in [0.1, 0.15) is 0 Å². The van der Waals surface area contributed by atoms with E-state index in [0.717, 1.165) is 17.8 Å². The number of benzene rings is 2. The summed E-state index contributed by atoms with van der Waals surface area (Å²) < 4.78 is 0. The van der Waals surface area contributed by atoms with Crippen LogP contribution in [-0.2, 0) is 11.2 Å². The molecule has 20 heavy (non-hydrogen) atoms. The molecule has 3 nitrogen and oxygen atoms in total. The summed E-state index contributed by atoms with van der Waals surface area (Å²) in [6.45, 7) is 2.98. The summed E-state index contributed by atoms with van der Waals surface area (Å²) in [6.07, 6.45) is 0.666. The Morgan fingerprint density at radius 2 is 1.80 bits per heavy atom. The van der Waals surface area contributed by atoms with E-state index in [2.05, 4.69) is 30.0 Å². The Bertz CT molecular complexity index is 651. The minimum absolute atomic E-state index is 0.259. The van der Waals surface area contributed by atoms with Crippen molar-refractivity contribution in [1.82, 2.24) is 0 Å². The third-order valence-electron chi connectivity index (χ3n) is 3.97. The number of para-hydroxylation sites is 2.